The Kier molecular flexibility index (Phi) is 4.08. The molecule has 0 aliphatic carbocycles. The molecule has 0 bridgehead atoms. The van der Waals surface area contributed by atoms with E-state index >= 15 is 0 Å². The third-order valence-corrected chi connectivity index (χ3v) is 7.48. The first-order valence-corrected chi connectivity index (χ1v) is 11.5. The highest BCUT2D eigenvalue weighted by Crippen LogP contribution is 2.48. The highest BCUT2D eigenvalue weighted by molar-refractivity contribution is 7.99. The molecule has 3 aromatic rings. The lowest BCUT2D eigenvalue weighted by atomic mass is 9.91. The molecule has 0 radical (unpaired) electrons. The van der Waals surface area contributed by atoms with Crippen molar-refractivity contribution in [1.29, 1.82) is 0 Å². The van der Waals surface area contributed by atoms with Crippen LogP contribution in [0.2, 0.25) is 0 Å². The van der Waals surface area contributed by atoms with Crippen LogP contribution in [0.25, 0.3) is 17.0 Å². The van der Waals surface area contributed by atoms with Gasteiger partial charge < -0.3 is 9.64 Å². The normalized spacial score (nSPS) is 17.4. The smallest absolute Gasteiger partial charge is 0.0907 e. The van der Waals surface area contributed by atoms with Gasteiger partial charge in [-0.3, -0.25) is 0 Å². The van der Waals surface area contributed by atoms with Gasteiger partial charge in [0.2, 0.25) is 0 Å². The number of aryl methyl sites for hydroxylation is 1. The molecule has 0 saturated heterocycles. The van der Waals surface area contributed by atoms with Gasteiger partial charge in [0.1, 0.15) is 0 Å². The van der Waals surface area contributed by atoms with Gasteiger partial charge in [-0.05, 0) is 61.3 Å². The summed E-state index contributed by atoms with van der Waals surface area (Å²) in [5, 5.41) is 4.67. The van der Waals surface area contributed by atoms with Crippen LogP contribution in [0.1, 0.15) is 30.9 Å². The van der Waals surface area contributed by atoms with Gasteiger partial charge in [0.25, 0.3) is 0 Å². The lowest BCUT2D eigenvalue weighted by Gasteiger charge is -2.38. The van der Waals surface area contributed by atoms with E-state index in [0.29, 0.717) is 6.61 Å². The lowest BCUT2D eigenvalue weighted by molar-refractivity contribution is 0.316. The van der Waals surface area contributed by atoms with E-state index in [2.05, 4.69) is 41.3 Å². The van der Waals surface area contributed by atoms with E-state index < -0.39 is 0 Å². The fourth-order valence-electron chi connectivity index (χ4n) is 5.07. The third-order valence-electron chi connectivity index (χ3n) is 6.29. The second-order valence-electron chi connectivity index (χ2n) is 8.05. The number of benzene rings is 3. The van der Waals surface area contributed by atoms with Gasteiger partial charge in [0.05, 0.1) is 23.9 Å². The van der Waals surface area contributed by atoms with Crippen LogP contribution in [0.4, 0.5) is 11.4 Å². The van der Waals surface area contributed by atoms with Gasteiger partial charge in [-0.2, -0.15) is 0 Å². The van der Waals surface area contributed by atoms with E-state index in [1.807, 2.05) is 24.9 Å². The third kappa shape index (κ3) is 2.69. The van der Waals surface area contributed by atoms with Crippen molar-refractivity contribution in [3.05, 3.63) is 58.1 Å². The van der Waals surface area contributed by atoms with Crippen molar-refractivity contribution in [2.75, 3.05) is 24.6 Å². The molecule has 3 aromatic carbocycles. The van der Waals surface area contributed by atoms with Gasteiger partial charge in [0, 0.05) is 39.2 Å². The van der Waals surface area contributed by atoms with Gasteiger partial charge >= 0.3 is 0 Å². The Bertz CT molecular complexity index is 1260. The zero-order valence-electron chi connectivity index (χ0n) is 16.7. The van der Waals surface area contributed by atoms with Crippen molar-refractivity contribution in [2.45, 2.75) is 42.4 Å². The van der Waals surface area contributed by atoms with Crippen LogP contribution in [0.15, 0.2) is 51.2 Å². The molecule has 3 nitrogen and oxygen atoms in total. The van der Waals surface area contributed by atoms with Crippen LogP contribution in [0.5, 0.6) is 0 Å². The Morgan fingerprint density at radius 3 is 2.79 bits per heavy atom. The average molecular weight is 401 g/mol. The minimum absolute atomic E-state index is 0.678. The number of fused-ring (bicyclic) bond motifs is 5. The zero-order chi connectivity index (χ0) is 19.4. The summed E-state index contributed by atoms with van der Waals surface area (Å²) in [5.41, 5.74) is 5.73. The predicted molar refractivity (Wildman–Crippen MR) is 120 cm³/mol. The van der Waals surface area contributed by atoms with Crippen molar-refractivity contribution in [3.8, 4) is 0 Å². The Labute approximate surface area is 175 Å². The number of anilines is 1. The molecule has 0 fully saturated rings. The van der Waals surface area contributed by atoms with E-state index in [9.17, 15) is 0 Å². The number of hydrogen-bond donors (Lipinski definition) is 0. The summed E-state index contributed by atoms with van der Waals surface area (Å²) < 4.78 is 5.66. The number of rotatable bonds is 2. The van der Waals surface area contributed by atoms with Crippen LogP contribution in [0.3, 0.4) is 0 Å². The Morgan fingerprint density at radius 1 is 1.10 bits per heavy atom. The molecule has 3 aliphatic heterocycles. The van der Waals surface area contributed by atoms with Crippen molar-refractivity contribution in [3.63, 3.8) is 0 Å². The summed E-state index contributed by atoms with van der Waals surface area (Å²) in [6.45, 7) is 5.11. The second-order valence-corrected chi connectivity index (χ2v) is 9.10. The SMILES string of the molecule is CCO/C=c1/cc2c(c3ccccc13)=Nc1cc3c4c(c1S2)CCCN4CCC3. The fourth-order valence-corrected chi connectivity index (χ4v) is 6.26. The van der Waals surface area contributed by atoms with E-state index in [0.717, 1.165) is 10.6 Å². The van der Waals surface area contributed by atoms with Gasteiger partial charge in [-0.15, -0.1) is 0 Å². The molecule has 0 N–H and O–H groups in total. The molecule has 0 saturated carbocycles. The van der Waals surface area contributed by atoms with E-state index in [-0.39, 0.29) is 0 Å². The molecule has 0 unspecified atom stereocenters. The molecule has 0 spiro atoms. The van der Waals surface area contributed by atoms with Crippen molar-refractivity contribution >= 4 is 40.2 Å². The highest BCUT2D eigenvalue weighted by Gasteiger charge is 2.29. The quantitative estimate of drug-likeness (QED) is 0.486. The average Bonchev–Trinajstić information content (AvgIpc) is 2.77. The van der Waals surface area contributed by atoms with Crippen LogP contribution in [-0.2, 0) is 17.6 Å². The van der Waals surface area contributed by atoms with E-state index in [4.69, 9.17) is 9.73 Å². The summed E-state index contributed by atoms with van der Waals surface area (Å²) in [6, 6.07) is 13.2. The number of hydrogen-bond acceptors (Lipinski definition) is 4. The molecular weight excluding hydrogens is 376 g/mol. The van der Waals surface area contributed by atoms with Crippen molar-refractivity contribution in [2.24, 2.45) is 4.99 Å². The molecule has 3 heterocycles. The van der Waals surface area contributed by atoms with Crippen LogP contribution < -0.4 is 15.5 Å². The Balaban J connectivity index is 1.64. The summed E-state index contributed by atoms with van der Waals surface area (Å²) in [7, 11) is 0. The summed E-state index contributed by atoms with van der Waals surface area (Å²) >= 11 is 1.91. The standard InChI is InChI=1S/C25H24N2OS/c1-2-28-15-17-14-22-23(19-9-4-3-8-18(17)19)26-21-13-16-7-5-11-27-12-6-10-20(24(16)27)25(21)29-22/h3-4,8-9,13-15H,2,5-7,10-12H2,1H3/b17-15-. The molecule has 0 amide bonds. The Hall–Kier alpha value is -2.46. The first-order valence-electron chi connectivity index (χ1n) is 10.7. The first-order chi connectivity index (χ1) is 14.3. The first kappa shape index (κ1) is 17.4. The minimum atomic E-state index is 0.678. The second kappa shape index (κ2) is 6.81. The predicted octanol–water partition coefficient (Wildman–Crippen LogP) is 4.73. The van der Waals surface area contributed by atoms with Crippen LogP contribution in [-0.4, -0.2) is 19.7 Å². The van der Waals surface area contributed by atoms with Gasteiger partial charge in [0.15, 0.2) is 0 Å². The molecule has 29 heavy (non-hydrogen) atoms. The molecular formula is C25H24N2OS. The molecule has 0 atom stereocenters. The molecule has 146 valence electrons. The summed E-state index contributed by atoms with van der Waals surface area (Å²) in [6.07, 6.45) is 6.76. The largest absolute Gasteiger partial charge is 0.501 e. The molecule has 0 aromatic heterocycles. The fraction of sp³-hybridized carbons (Fsp3) is 0.320. The van der Waals surface area contributed by atoms with Crippen molar-refractivity contribution in [1.82, 2.24) is 0 Å². The lowest BCUT2D eigenvalue weighted by Crippen LogP contribution is -2.34. The monoisotopic (exact) mass is 400 g/mol. The van der Waals surface area contributed by atoms with Crippen LogP contribution >= 0.6 is 11.8 Å². The van der Waals surface area contributed by atoms with E-state index in [1.54, 1.807) is 0 Å². The number of ether oxygens (including phenoxy) is 1. The molecule has 6 rings (SSSR count). The van der Waals surface area contributed by atoms with Gasteiger partial charge in [-0.25, -0.2) is 4.99 Å². The summed E-state index contributed by atoms with van der Waals surface area (Å²) in [5.74, 6) is 0. The highest BCUT2D eigenvalue weighted by atomic mass is 32.2. The summed E-state index contributed by atoms with van der Waals surface area (Å²) in [4.78, 5) is 10.5. The molecule has 3 aliphatic rings. The molecule has 4 heteroatoms. The Morgan fingerprint density at radius 2 is 1.93 bits per heavy atom. The topological polar surface area (TPSA) is 24.8 Å². The number of nitrogens with zero attached hydrogens (tertiary/aromatic N) is 2. The maximum Gasteiger partial charge on any atom is 0.0907 e. The maximum absolute atomic E-state index is 5.66. The van der Waals surface area contributed by atoms with Gasteiger partial charge in [-0.1, -0.05) is 36.0 Å². The minimum Gasteiger partial charge on any atom is -0.501 e. The van der Waals surface area contributed by atoms with Crippen molar-refractivity contribution < 1.29 is 4.74 Å². The zero-order valence-corrected chi connectivity index (χ0v) is 17.5. The van der Waals surface area contributed by atoms with Crippen LogP contribution in [0, 0.1) is 0 Å². The van der Waals surface area contributed by atoms with E-state index in [1.165, 1.54) is 81.8 Å². The maximum atomic E-state index is 5.66.